The van der Waals surface area contributed by atoms with Crippen LogP contribution in [0.3, 0.4) is 0 Å². The first-order valence-electron chi connectivity index (χ1n) is 4.93. The van der Waals surface area contributed by atoms with E-state index in [0.717, 1.165) is 21.2 Å². The molecule has 0 aliphatic carbocycles. The lowest BCUT2D eigenvalue weighted by atomic mass is 10.3. The summed E-state index contributed by atoms with van der Waals surface area (Å²) in [5.74, 6) is 0. The van der Waals surface area contributed by atoms with Crippen LogP contribution in [0.5, 0.6) is 0 Å². The predicted molar refractivity (Wildman–Crippen MR) is 62.2 cm³/mol. The van der Waals surface area contributed by atoms with Crippen LogP contribution in [0.2, 0.25) is 0 Å². The van der Waals surface area contributed by atoms with Crippen LogP contribution >= 0.6 is 11.8 Å². The molecule has 16 heavy (non-hydrogen) atoms. The van der Waals surface area contributed by atoms with Gasteiger partial charge in [0.05, 0.1) is 12.3 Å². The lowest BCUT2D eigenvalue weighted by Gasteiger charge is -2.03. The second-order valence-electron chi connectivity index (χ2n) is 3.44. The molecule has 0 aromatic carbocycles. The minimum Gasteiger partial charge on any atom is -0.392 e. The number of nitrogens with zero attached hydrogens (tertiary/aromatic N) is 3. The van der Waals surface area contributed by atoms with E-state index in [4.69, 9.17) is 0 Å². The smallest absolute Gasteiger partial charge is 0.104 e. The van der Waals surface area contributed by atoms with Crippen LogP contribution in [-0.2, 0) is 13.7 Å². The number of aliphatic hydroxyl groups is 1. The first-order chi connectivity index (χ1) is 7.72. The third kappa shape index (κ3) is 2.10. The van der Waals surface area contributed by atoms with E-state index in [2.05, 4.69) is 10.1 Å². The third-order valence-corrected chi connectivity index (χ3v) is 3.52. The molecule has 0 saturated heterocycles. The maximum absolute atomic E-state index is 9.31. The second-order valence-corrected chi connectivity index (χ2v) is 4.50. The van der Waals surface area contributed by atoms with Crippen molar-refractivity contribution >= 4 is 11.8 Å². The highest BCUT2D eigenvalue weighted by molar-refractivity contribution is 7.99. The Morgan fingerprint density at radius 2 is 2.06 bits per heavy atom. The van der Waals surface area contributed by atoms with Crippen molar-refractivity contribution in [2.75, 3.05) is 0 Å². The summed E-state index contributed by atoms with van der Waals surface area (Å²) in [5, 5.41) is 14.6. The number of hydrogen-bond acceptors (Lipinski definition) is 4. The first-order valence-corrected chi connectivity index (χ1v) is 5.75. The molecular weight excluding hydrogens is 222 g/mol. The van der Waals surface area contributed by atoms with Gasteiger partial charge in [0.1, 0.15) is 5.03 Å². The van der Waals surface area contributed by atoms with E-state index in [-0.39, 0.29) is 6.61 Å². The van der Waals surface area contributed by atoms with E-state index >= 15 is 0 Å². The number of hydrogen-bond donors (Lipinski definition) is 1. The van der Waals surface area contributed by atoms with E-state index in [9.17, 15) is 5.11 Å². The Balaban J connectivity index is 2.34. The quantitative estimate of drug-likeness (QED) is 0.881. The summed E-state index contributed by atoms with van der Waals surface area (Å²) >= 11 is 1.59. The molecule has 0 fully saturated rings. The Hall–Kier alpha value is -1.33. The SMILES string of the molecule is Cc1nn(C)c(Sc2ccncc2)c1CO. The average Bonchev–Trinajstić information content (AvgIpc) is 2.55. The van der Waals surface area contributed by atoms with Crippen LogP contribution in [-0.4, -0.2) is 19.9 Å². The molecule has 0 amide bonds. The highest BCUT2D eigenvalue weighted by atomic mass is 32.2. The molecule has 2 aromatic heterocycles. The molecule has 0 unspecified atom stereocenters. The van der Waals surface area contributed by atoms with Gasteiger partial charge in [-0.3, -0.25) is 9.67 Å². The molecule has 0 atom stereocenters. The minimum atomic E-state index is 0.0209. The summed E-state index contributed by atoms with van der Waals surface area (Å²) in [6.45, 7) is 1.93. The second kappa shape index (κ2) is 4.67. The largest absolute Gasteiger partial charge is 0.392 e. The number of aromatic nitrogens is 3. The van der Waals surface area contributed by atoms with Gasteiger partial charge in [0, 0.05) is 29.9 Å². The molecular formula is C11H13N3OS. The molecule has 0 spiro atoms. The molecule has 2 heterocycles. The highest BCUT2D eigenvalue weighted by Gasteiger charge is 2.13. The molecule has 2 aromatic rings. The van der Waals surface area contributed by atoms with Gasteiger partial charge >= 0.3 is 0 Å². The van der Waals surface area contributed by atoms with Crippen LogP contribution in [0.25, 0.3) is 0 Å². The number of pyridine rings is 1. The molecule has 0 aliphatic rings. The average molecular weight is 235 g/mol. The van der Waals surface area contributed by atoms with Gasteiger partial charge in [-0.05, 0) is 19.1 Å². The zero-order chi connectivity index (χ0) is 11.5. The molecule has 2 rings (SSSR count). The maximum atomic E-state index is 9.31. The number of aryl methyl sites for hydroxylation is 2. The summed E-state index contributed by atoms with van der Waals surface area (Å²) in [6, 6.07) is 3.88. The highest BCUT2D eigenvalue weighted by Crippen LogP contribution is 2.31. The van der Waals surface area contributed by atoms with Crippen LogP contribution < -0.4 is 0 Å². The Morgan fingerprint density at radius 3 is 2.69 bits per heavy atom. The van der Waals surface area contributed by atoms with E-state index in [1.165, 1.54) is 0 Å². The van der Waals surface area contributed by atoms with Gasteiger partial charge < -0.3 is 5.11 Å². The summed E-state index contributed by atoms with van der Waals surface area (Å²) in [6.07, 6.45) is 3.51. The Bertz CT molecular complexity index is 481. The minimum absolute atomic E-state index is 0.0209. The van der Waals surface area contributed by atoms with Crippen molar-refractivity contribution in [3.8, 4) is 0 Å². The molecule has 84 valence electrons. The van der Waals surface area contributed by atoms with E-state index < -0.39 is 0 Å². The first kappa shape index (κ1) is 11.2. The maximum Gasteiger partial charge on any atom is 0.104 e. The standard InChI is InChI=1S/C11H13N3OS/c1-8-10(7-15)11(14(2)13-8)16-9-3-5-12-6-4-9/h3-6,15H,7H2,1-2H3. The molecule has 0 radical (unpaired) electrons. The fraction of sp³-hybridized carbons (Fsp3) is 0.273. The van der Waals surface area contributed by atoms with Crippen LogP contribution in [0.15, 0.2) is 34.4 Å². The van der Waals surface area contributed by atoms with Crippen molar-refractivity contribution in [1.29, 1.82) is 0 Å². The molecule has 4 nitrogen and oxygen atoms in total. The fourth-order valence-corrected chi connectivity index (χ4v) is 2.50. The molecule has 0 saturated carbocycles. The summed E-state index contributed by atoms with van der Waals surface area (Å²) < 4.78 is 1.80. The van der Waals surface area contributed by atoms with Gasteiger partial charge in [0.25, 0.3) is 0 Å². The van der Waals surface area contributed by atoms with Gasteiger partial charge in [-0.15, -0.1) is 0 Å². The van der Waals surface area contributed by atoms with Gasteiger partial charge in [-0.1, -0.05) is 11.8 Å². The Morgan fingerprint density at radius 1 is 1.38 bits per heavy atom. The molecule has 1 N–H and O–H groups in total. The van der Waals surface area contributed by atoms with Gasteiger partial charge in [-0.2, -0.15) is 5.10 Å². The summed E-state index contributed by atoms with van der Waals surface area (Å²) in [7, 11) is 1.88. The van der Waals surface area contributed by atoms with Crippen molar-refractivity contribution in [3.63, 3.8) is 0 Å². The van der Waals surface area contributed by atoms with Gasteiger partial charge in [0.2, 0.25) is 0 Å². The number of rotatable bonds is 3. The van der Waals surface area contributed by atoms with Crippen molar-refractivity contribution in [2.24, 2.45) is 7.05 Å². The Kier molecular flexibility index (Phi) is 3.26. The van der Waals surface area contributed by atoms with E-state index in [1.807, 2.05) is 26.1 Å². The van der Waals surface area contributed by atoms with Crippen molar-refractivity contribution in [3.05, 3.63) is 35.8 Å². The van der Waals surface area contributed by atoms with E-state index in [1.54, 1.807) is 28.8 Å². The van der Waals surface area contributed by atoms with Crippen LogP contribution in [0.4, 0.5) is 0 Å². The fourth-order valence-electron chi connectivity index (χ4n) is 1.51. The van der Waals surface area contributed by atoms with Gasteiger partial charge in [-0.25, -0.2) is 0 Å². The molecule has 5 heteroatoms. The van der Waals surface area contributed by atoms with Crippen molar-refractivity contribution in [1.82, 2.24) is 14.8 Å². The van der Waals surface area contributed by atoms with Crippen molar-refractivity contribution in [2.45, 2.75) is 23.5 Å². The predicted octanol–water partition coefficient (Wildman–Crippen LogP) is 1.77. The lowest BCUT2D eigenvalue weighted by Crippen LogP contribution is -1.93. The number of aliphatic hydroxyl groups excluding tert-OH is 1. The van der Waals surface area contributed by atoms with E-state index in [0.29, 0.717) is 0 Å². The summed E-state index contributed by atoms with van der Waals surface area (Å²) in [4.78, 5) is 5.06. The topological polar surface area (TPSA) is 50.9 Å². The van der Waals surface area contributed by atoms with Gasteiger partial charge in [0.15, 0.2) is 0 Å². The van der Waals surface area contributed by atoms with Crippen LogP contribution in [0.1, 0.15) is 11.3 Å². The third-order valence-electron chi connectivity index (χ3n) is 2.31. The molecule has 0 aliphatic heterocycles. The zero-order valence-electron chi connectivity index (χ0n) is 9.21. The zero-order valence-corrected chi connectivity index (χ0v) is 10.0. The normalized spacial score (nSPS) is 10.7. The summed E-state index contributed by atoms with van der Waals surface area (Å²) in [5.41, 5.74) is 1.77. The van der Waals surface area contributed by atoms with Crippen molar-refractivity contribution < 1.29 is 5.11 Å². The Labute approximate surface area is 98.3 Å². The monoisotopic (exact) mass is 235 g/mol. The lowest BCUT2D eigenvalue weighted by molar-refractivity contribution is 0.277. The molecule has 0 bridgehead atoms. The van der Waals surface area contributed by atoms with Crippen LogP contribution in [0, 0.1) is 6.92 Å².